The van der Waals surface area contributed by atoms with Crippen molar-refractivity contribution in [3.63, 3.8) is 0 Å². The number of rotatable bonds is 5. The van der Waals surface area contributed by atoms with E-state index < -0.39 is 0 Å². The summed E-state index contributed by atoms with van der Waals surface area (Å²) in [5.74, 6) is 0. The molecule has 4 heteroatoms. The van der Waals surface area contributed by atoms with Crippen LogP contribution in [0.3, 0.4) is 0 Å². The molecule has 0 unspecified atom stereocenters. The lowest BCUT2D eigenvalue weighted by Crippen LogP contribution is -2.12. The molecule has 0 aliphatic carbocycles. The fourth-order valence-corrected chi connectivity index (χ4v) is 2.88. The lowest BCUT2D eigenvalue weighted by Gasteiger charge is -2.02. The number of hydrogen-bond donors (Lipinski definition) is 1. The minimum atomic E-state index is 0.775. The molecule has 2 heterocycles. The first-order valence-corrected chi connectivity index (χ1v) is 7.80. The van der Waals surface area contributed by atoms with E-state index in [2.05, 4.69) is 57.9 Å². The third-order valence-electron chi connectivity index (χ3n) is 3.21. The number of nitrogens with one attached hydrogen (secondary N) is 1. The summed E-state index contributed by atoms with van der Waals surface area (Å²) >= 11 is 1.69. The molecule has 0 saturated carbocycles. The molecular weight excluding hydrogens is 278 g/mol. The average Bonchev–Trinajstić information content (AvgIpc) is 2.98. The quantitative estimate of drug-likeness (QED) is 0.778. The molecule has 0 bridgehead atoms. The van der Waals surface area contributed by atoms with Crippen molar-refractivity contribution in [2.75, 3.05) is 0 Å². The van der Waals surface area contributed by atoms with E-state index in [1.54, 1.807) is 17.5 Å². The van der Waals surface area contributed by atoms with Crippen molar-refractivity contribution in [2.45, 2.75) is 20.0 Å². The Hall–Kier alpha value is -2.04. The van der Waals surface area contributed by atoms with E-state index in [9.17, 15) is 0 Å². The number of aryl methyl sites for hydroxylation is 1. The van der Waals surface area contributed by atoms with Crippen LogP contribution in [-0.2, 0) is 13.1 Å². The molecular formula is C17H17N3S. The largest absolute Gasteiger partial charge is 0.307 e. The van der Waals surface area contributed by atoms with Gasteiger partial charge in [0.1, 0.15) is 5.01 Å². The van der Waals surface area contributed by atoms with E-state index in [4.69, 9.17) is 0 Å². The highest BCUT2D eigenvalue weighted by atomic mass is 32.1. The molecule has 3 rings (SSSR count). The molecule has 0 radical (unpaired) electrons. The summed E-state index contributed by atoms with van der Waals surface area (Å²) in [4.78, 5) is 8.79. The van der Waals surface area contributed by atoms with E-state index in [-0.39, 0.29) is 0 Å². The summed E-state index contributed by atoms with van der Waals surface area (Å²) < 4.78 is 0. The van der Waals surface area contributed by atoms with Gasteiger partial charge in [-0.15, -0.1) is 11.3 Å². The van der Waals surface area contributed by atoms with Gasteiger partial charge in [-0.25, -0.2) is 4.98 Å². The highest BCUT2D eigenvalue weighted by Gasteiger charge is 2.04. The Labute approximate surface area is 128 Å². The molecule has 21 heavy (non-hydrogen) atoms. The zero-order valence-electron chi connectivity index (χ0n) is 11.9. The molecule has 2 aromatic heterocycles. The maximum absolute atomic E-state index is 4.68. The monoisotopic (exact) mass is 295 g/mol. The summed E-state index contributed by atoms with van der Waals surface area (Å²) in [6.07, 6.45) is 3.67. The van der Waals surface area contributed by atoms with Crippen molar-refractivity contribution in [3.05, 3.63) is 71.0 Å². The molecule has 3 nitrogen and oxygen atoms in total. The first kappa shape index (κ1) is 13.9. The summed E-state index contributed by atoms with van der Waals surface area (Å²) in [6.45, 7) is 3.68. The molecule has 0 aliphatic heterocycles. The molecule has 106 valence electrons. The molecule has 0 spiro atoms. The number of hydrogen-bond acceptors (Lipinski definition) is 4. The van der Waals surface area contributed by atoms with Crippen LogP contribution in [0.4, 0.5) is 0 Å². The lowest BCUT2D eigenvalue weighted by atomic mass is 10.2. The van der Waals surface area contributed by atoms with Crippen molar-refractivity contribution in [2.24, 2.45) is 0 Å². The topological polar surface area (TPSA) is 37.8 Å². The van der Waals surface area contributed by atoms with Crippen LogP contribution in [0, 0.1) is 6.92 Å². The van der Waals surface area contributed by atoms with Gasteiger partial charge in [-0.2, -0.15) is 0 Å². The molecule has 0 saturated heterocycles. The van der Waals surface area contributed by atoms with Crippen LogP contribution in [0.2, 0.25) is 0 Å². The first-order chi connectivity index (χ1) is 10.3. The van der Waals surface area contributed by atoms with Gasteiger partial charge < -0.3 is 5.32 Å². The number of aromatic nitrogens is 2. The SMILES string of the molecule is Cc1ccc(-c2nc(CNCc3cccnc3)cs2)cc1. The molecule has 0 aliphatic rings. The average molecular weight is 295 g/mol. The Morgan fingerprint density at radius 2 is 1.95 bits per heavy atom. The molecule has 3 aromatic rings. The maximum Gasteiger partial charge on any atom is 0.123 e. The summed E-state index contributed by atoms with van der Waals surface area (Å²) in [5.41, 5.74) is 4.73. The van der Waals surface area contributed by atoms with Crippen molar-refractivity contribution < 1.29 is 0 Å². The Bertz CT molecular complexity index is 690. The van der Waals surface area contributed by atoms with Crippen LogP contribution in [-0.4, -0.2) is 9.97 Å². The van der Waals surface area contributed by atoms with Gasteiger partial charge in [0.15, 0.2) is 0 Å². The second kappa shape index (κ2) is 6.61. The number of pyridine rings is 1. The zero-order valence-corrected chi connectivity index (χ0v) is 12.7. The highest BCUT2D eigenvalue weighted by Crippen LogP contribution is 2.23. The second-order valence-corrected chi connectivity index (χ2v) is 5.83. The van der Waals surface area contributed by atoms with Crippen LogP contribution in [0.5, 0.6) is 0 Å². The first-order valence-electron chi connectivity index (χ1n) is 6.92. The van der Waals surface area contributed by atoms with Crippen molar-refractivity contribution in [1.82, 2.24) is 15.3 Å². The normalized spacial score (nSPS) is 10.7. The molecule has 1 aromatic carbocycles. The fourth-order valence-electron chi connectivity index (χ4n) is 2.05. The van der Waals surface area contributed by atoms with Crippen LogP contribution < -0.4 is 5.32 Å². The van der Waals surface area contributed by atoms with E-state index in [0.29, 0.717) is 0 Å². The van der Waals surface area contributed by atoms with Crippen molar-refractivity contribution >= 4 is 11.3 Å². The van der Waals surface area contributed by atoms with E-state index >= 15 is 0 Å². The Balaban J connectivity index is 1.59. The predicted molar refractivity (Wildman–Crippen MR) is 87.1 cm³/mol. The minimum absolute atomic E-state index is 0.775. The smallest absolute Gasteiger partial charge is 0.123 e. The van der Waals surface area contributed by atoms with Gasteiger partial charge in [0, 0.05) is 36.4 Å². The third-order valence-corrected chi connectivity index (χ3v) is 4.15. The second-order valence-electron chi connectivity index (χ2n) is 4.97. The minimum Gasteiger partial charge on any atom is -0.307 e. The van der Waals surface area contributed by atoms with Gasteiger partial charge in [0.25, 0.3) is 0 Å². The Morgan fingerprint density at radius 3 is 2.71 bits per heavy atom. The zero-order chi connectivity index (χ0) is 14.5. The van der Waals surface area contributed by atoms with Crippen LogP contribution >= 0.6 is 11.3 Å². The van der Waals surface area contributed by atoms with Crippen molar-refractivity contribution in [1.29, 1.82) is 0 Å². The van der Waals surface area contributed by atoms with Gasteiger partial charge in [-0.3, -0.25) is 4.98 Å². The molecule has 0 amide bonds. The molecule has 1 N–H and O–H groups in total. The molecule has 0 fully saturated rings. The Kier molecular flexibility index (Phi) is 4.38. The van der Waals surface area contributed by atoms with E-state index in [0.717, 1.165) is 23.8 Å². The predicted octanol–water partition coefficient (Wildman–Crippen LogP) is 3.80. The number of benzene rings is 1. The van der Waals surface area contributed by atoms with Crippen LogP contribution in [0.25, 0.3) is 10.6 Å². The Morgan fingerprint density at radius 1 is 1.10 bits per heavy atom. The standard InChI is InChI=1S/C17H17N3S/c1-13-4-6-15(7-5-13)17-20-16(12-21-17)11-19-10-14-3-2-8-18-9-14/h2-9,12,19H,10-11H2,1H3. The van der Waals surface area contributed by atoms with Crippen LogP contribution in [0.15, 0.2) is 54.2 Å². The fraction of sp³-hybridized carbons (Fsp3) is 0.176. The third kappa shape index (κ3) is 3.74. The van der Waals surface area contributed by atoms with Gasteiger partial charge in [0.05, 0.1) is 5.69 Å². The van der Waals surface area contributed by atoms with Gasteiger partial charge in [-0.05, 0) is 18.6 Å². The van der Waals surface area contributed by atoms with E-state index in [1.165, 1.54) is 16.7 Å². The maximum atomic E-state index is 4.68. The number of thiazole rings is 1. The molecule has 0 atom stereocenters. The van der Waals surface area contributed by atoms with Gasteiger partial charge >= 0.3 is 0 Å². The summed E-state index contributed by atoms with van der Waals surface area (Å²) in [5, 5.41) is 6.59. The van der Waals surface area contributed by atoms with Crippen molar-refractivity contribution in [3.8, 4) is 10.6 Å². The number of nitrogens with zero attached hydrogens (tertiary/aromatic N) is 2. The summed E-state index contributed by atoms with van der Waals surface area (Å²) in [7, 11) is 0. The highest BCUT2D eigenvalue weighted by molar-refractivity contribution is 7.13. The van der Waals surface area contributed by atoms with Gasteiger partial charge in [-0.1, -0.05) is 35.9 Å². The summed E-state index contributed by atoms with van der Waals surface area (Å²) in [6, 6.07) is 12.5. The lowest BCUT2D eigenvalue weighted by molar-refractivity contribution is 0.681. The van der Waals surface area contributed by atoms with Gasteiger partial charge in [0.2, 0.25) is 0 Å². The van der Waals surface area contributed by atoms with E-state index in [1.807, 2.05) is 12.3 Å². The van der Waals surface area contributed by atoms with Crippen LogP contribution in [0.1, 0.15) is 16.8 Å².